The monoisotopic (exact) mass is 253 g/mol. The second-order valence-electron chi connectivity index (χ2n) is 4.61. The van der Waals surface area contributed by atoms with Gasteiger partial charge in [-0.25, -0.2) is 8.42 Å². The maximum Gasteiger partial charge on any atom is 0.150 e. The summed E-state index contributed by atoms with van der Waals surface area (Å²) in [5, 5.41) is 3.41. The first-order chi connectivity index (χ1) is 8.12. The van der Waals surface area contributed by atoms with Crippen molar-refractivity contribution in [3.63, 3.8) is 0 Å². The van der Waals surface area contributed by atoms with Gasteiger partial charge in [-0.3, -0.25) is 0 Å². The van der Waals surface area contributed by atoms with Crippen LogP contribution in [0, 0.1) is 5.92 Å². The highest BCUT2D eigenvalue weighted by Crippen LogP contribution is 2.31. The molecule has 1 N–H and O–H groups in total. The molecule has 0 aromatic heterocycles. The highest BCUT2D eigenvalue weighted by Gasteiger charge is 2.33. The number of hydrogen-bond donors (Lipinski definition) is 1. The molecule has 1 aliphatic heterocycles. The Hall–Kier alpha value is -0.870. The van der Waals surface area contributed by atoms with Crippen LogP contribution in [0.3, 0.4) is 0 Å². The van der Waals surface area contributed by atoms with Crippen molar-refractivity contribution in [1.29, 1.82) is 0 Å². The Morgan fingerprint density at radius 1 is 1.35 bits per heavy atom. The van der Waals surface area contributed by atoms with Crippen LogP contribution in [0.25, 0.3) is 0 Å². The van der Waals surface area contributed by atoms with Gasteiger partial charge in [-0.2, -0.15) is 0 Å². The fourth-order valence-corrected chi connectivity index (χ4v) is 4.36. The Morgan fingerprint density at radius 3 is 2.59 bits per heavy atom. The van der Waals surface area contributed by atoms with Gasteiger partial charge >= 0.3 is 0 Å². The van der Waals surface area contributed by atoms with Gasteiger partial charge in [-0.1, -0.05) is 37.3 Å². The summed E-state index contributed by atoms with van der Waals surface area (Å²) in [5.74, 6) is 0.869. The maximum absolute atomic E-state index is 11.6. The molecule has 2 unspecified atom stereocenters. The van der Waals surface area contributed by atoms with Gasteiger partial charge in [0.05, 0.1) is 11.5 Å². The summed E-state index contributed by atoms with van der Waals surface area (Å²) in [7, 11) is -2.81. The van der Waals surface area contributed by atoms with Gasteiger partial charge in [0, 0.05) is 6.04 Å². The summed E-state index contributed by atoms with van der Waals surface area (Å²) in [4.78, 5) is 0. The molecule has 2 rings (SSSR count). The van der Waals surface area contributed by atoms with Crippen LogP contribution >= 0.6 is 0 Å². The number of benzene rings is 1. The van der Waals surface area contributed by atoms with Crippen molar-refractivity contribution < 1.29 is 8.42 Å². The lowest BCUT2D eigenvalue weighted by molar-refractivity contribution is 0.400. The zero-order chi connectivity index (χ0) is 12.3. The van der Waals surface area contributed by atoms with Crippen molar-refractivity contribution >= 4 is 9.84 Å². The minimum absolute atomic E-state index is 0.165. The Labute approximate surface area is 103 Å². The van der Waals surface area contributed by atoms with E-state index in [-0.39, 0.29) is 12.0 Å². The van der Waals surface area contributed by atoms with Crippen molar-refractivity contribution in [2.75, 3.05) is 18.1 Å². The Kier molecular flexibility index (Phi) is 3.84. The van der Waals surface area contributed by atoms with E-state index in [0.29, 0.717) is 11.5 Å². The molecule has 3 nitrogen and oxygen atoms in total. The van der Waals surface area contributed by atoms with E-state index in [1.165, 1.54) is 5.56 Å². The number of hydrogen-bond acceptors (Lipinski definition) is 3. The van der Waals surface area contributed by atoms with Crippen LogP contribution in [0.4, 0.5) is 0 Å². The van der Waals surface area contributed by atoms with E-state index < -0.39 is 9.84 Å². The summed E-state index contributed by atoms with van der Waals surface area (Å²) in [6, 6.07) is 10.3. The molecular formula is C13H19NO2S. The van der Waals surface area contributed by atoms with Crippen molar-refractivity contribution in [2.24, 2.45) is 5.92 Å². The van der Waals surface area contributed by atoms with Gasteiger partial charge in [-0.15, -0.1) is 0 Å². The molecule has 94 valence electrons. The Bertz CT molecular complexity index is 456. The first-order valence-corrected chi connectivity index (χ1v) is 7.93. The molecular weight excluding hydrogens is 234 g/mol. The van der Waals surface area contributed by atoms with E-state index in [0.717, 1.165) is 13.0 Å². The van der Waals surface area contributed by atoms with Crippen LogP contribution in [-0.2, 0) is 9.84 Å². The van der Waals surface area contributed by atoms with Gasteiger partial charge in [0.2, 0.25) is 0 Å². The van der Waals surface area contributed by atoms with E-state index in [2.05, 4.69) is 24.4 Å². The molecule has 1 fully saturated rings. The molecule has 0 spiro atoms. The predicted octanol–water partition coefficient (Wildman–Crippen LogP) is 1.77. The van der Waals surface area contributed by atoms with Crippen molar-refractivity contribution in [2.45, 2.75) is 19.4 Å². The van der Waals surface area contributed by atoms with E-state index in [1.54, 1.807) is 0 Å². The van der Waals surface area contributed by atoms with Gasteiger partial charge in [0.15, 0.2) is 9.84 Å². The quantitative estimate of drug-likeness (QED) is 0.889. The molecule has 0 saturated carbocycles. The van der Waals surface area contributed by atoms with Gasteiger partial charge in [0.25, 0.3) is 0 Å². The summed E-state index contributed by atoms with van der Waals surface area (Å²) in [6.07, 6.45) is 0.773. The second kappa shape index (κ2) is 5.19. The average molecular weight is 253 g/mol. The molecule has 0 radical (unpaired) electrons. The first-order valence-electron chi connectivity index (χ1n) is 6.11. The highest BCUT2D eigenvalue weighted by atomic mass is 32.2. The molecule has 17 heavy (non-hydrogen) atoms. The molecule has 1 saturated heterocycles. The summed E-state index contributed by atoms with van der Waals surface area (Å²) in [5.41, 5.74) is 1.19. The van der Waals surface area contributed by atoms with E-state index >= 15 is 0 Å². The minimum atomic E-state index is -2.81. The zero-order valence-corrected chi connectivity index (χ0v) is 10.9. The molecule has 0 amide bonds. The lowest BCUT2D eigenvalue weighted by Gasteiger charge is -2.23. The number of rotatable bonds is 4. The van der Waals surface area contributed by atoms with Crippen LogP contribution in [0.2, 0.25) is 0 Å². The van der Waals surface area contributed by atoms with Crippen LogP contribution < -0.4 is 5.32 Å². The third-order valence-corrected chi connectivity index (χ3v) is 5.12. The predicted molar refractivity (Wildman–Crippen MR) is 69.6 cm³/mol. The largest absolute Gasteiger partial charge is 0.310 e. The second-order valence-corrected chi connectivity index (χ2v) is 6.84. The fraction of sp³-hybridized carbons (Fsp3) is 0.538. The van der Waals surface area contributed by atoms with Crippen molar-refractivity contribution in [3.05, 3.63) is 35.9 Å². The van der Waals surface area contributed by atoms with Crippen LogP contribution in [0.5, 0.6) is 0 Å². The SMILES string of the molecule is CCNC(c1ccccc1)C1CCS(=O)(=O)C1. The lowest BCUT2D eigenvalue weighted by Crippen LogP contribution is -2.29. The summed E-state index contributed by atoms with van der Waals surface area (Å²) < 4.78 is 23.1. The van der Waals surface area contributed by atoms with E-state index in [1.807, 2.05) is 18.2 Å². The molecule has 0 aliphatic carbocycles. The molecule has 1 aromatic carbocycles. The van der Waals surface area contributed by atoms with E-state index in [9.17, 15) is 8.42 Å². The fourth-order valence-electron chi connectivity index (χ4n) is 2.52. The molecule has 1 aliphatic rings. The molecule has 0 bridgehead atoms. The number of sulfone groups is 1. The van der Waals surface area contributed by atoms with E-state index in [4.69, 9.17) is 0 Å². The van der Waals surface area contributed by atoms with Crippen molar-refractivity contribution in [1.82, 2.24) is 5.32 Å². The van der Waals surface area contributed by atoms with Crippen molar-refractivity contribution in [3.8, 4) is 0 Å². The lowest BCUT2D eigenvalue weighted by atomic mass is 9.92. The van der Waals surface area contributed by atoms with Gasteiger partial charge in [-0.05, 0) is 24.4 Å². The van der Waals surface area contributed by atoms with Gasteiger partial charge in [0.1, 0.15) is 0 Å². The summed E-state index contributed by atoms with van der Waals surface area (Å²) in [6.45, 7) is 2.91. The smallest absolute Gasteiger partial charge is 0.150 e. The first kappa shape index (κ1) is 12.6. The average Bonchev–Trinajstić information content (AvgIpc) is 2.67. The molecule has 1 aromatic rings. The molecule has 1 heterocycles. The Balaban J connectivity index is 2.19. The standard InChI is InChI=1S/C13H19NO2S/c1-2-14-13(11-6-4-3-5-7-11)12-8-9-17(15,16)10-12/h3-7,12-14H,2,8-10H2,1H3. The van der Waals surface area contributed by atoms with Crippen LogP contribution in [-0.4, -0.2) is 26.5 Å². The highest BCUT2D eigenvalue weighted by molar-refractivity contribution is 7.91. The minimum Gasteiger partial charge on any atom is -0.310 e. The van der Waals surface area contributed by atoms with Crippen LogP contribution in [0.1, 0.15) is 24.9 Å². The molecule has 4 heteroatoms. The normalized spacial score (nSPS) is 24.6. The maximum atomic E-state index is 11.6. The summed E-state index contributed by atoms with van der Waals surface area (Å²) >= 11 is 0. The third-order valence-electron chi connectivity index (χ3n) is 3.32. The third kappa shape index (κ3) is 3.07. The molecule has 2 atom stereocenters. The zero-order valence-electron chi connectivity index (χ0n) is 10.1. The number of nitrogens with one attached hydrogen (secondary N) is 1. The Morgan fingerprint density at radius 2 is 2.06 bits per heavy atom. The van der Waals surface area contributed by atoms with Crippen LogP contribution in [0.15, 0.2) is 30.3 Å². The van der Waals surface area contributed by atoms with Gasteiger partial charge < -0.3 is 5.32 Å². The topological polar surface area (TPSA) is 46.2 Å².